The van der Waals surface area contributed by atoms with Crippen molar-refractivity contribution in [1.82, 2.24) is 9.55 Å². The Morgan fingerprint density at radius 2 is 2.00 bits per heavy atom. The summed E-state index contributed by atoms with van der Waals surface area (Å²) in [5.41, 5.74) is 3.17. The Morgan fingerprint density at radius 3 is 2.78 bits per heavy atom. The minimum Gasteiger partial charge on any atom is -0.494 e. The van der Waals surface area contributed by atoms with E-state index in [0.717, 1.165) is 29.7 Å². The number of aryl methyl sites for hydroxylation is 2. The molecule has 3 aromatic rings. The Labute approximate surface area is 136 Å². The van der Waals surface area contributed by atoms with E-state index in [1.165, 1.54) is 5.56 Å². The molecule has 3 rings (SSSR count). The molecule has 0 bridgehead atoms. The van der Waals surface area contributed by atoms with E-state index < -0.39 is 6.10 Å². The zero-order valence-corrected chi connectivity index (χ0v) is 13.6. The summed E-state index contributed by atoms with van der Waals surface area (Å²) in [6.45, 7) is 5.21. The molecule has 1 atom stereocenters. The second kappa shape index (κ2) is 6.84. The third kappa shape index (κ3) is 3.54. The van der Waals surface area contributed by atoms with Gasteiger partial charge in [-0.3, -0.25) is 0 Å². The zero-order chi connectivity index (χ0) is 16.2. The lowest BCUT2D eigenvalue weighted by Gasteiger charge is -2.12. The number of nitrogens with zero attached hydrogens (tertiary/aromatic N) is 2. The summed E-state index contributed by atoms with van der Waals surface area (Å²) < 4.78 is 7.88. The van der Waals surface area contributed by atoms with E-state index in [2.05, 4.69) is 22.5 Å². The highest BCUT2D eigenvalue weighted by Crippen LogP contribution is 2.21. The summed E-state index contributed by atoms with van der Waals surface area (Å²) in [5.74, 6) is 1.61. The molecule has 1 N–H and O–H groups in total. The maximum absolute atomic E-state index is 9.96. The van der Waals surface area contributed by atoms with Gasteiger partial charge in [0.25, 0.3) is 0 Å². The van der Waals surface area contributed by atoms with Gasteiger partial charge in [-0.25, -0.2) is 4.98 Å². The van der Waals surface area contributed by atoms with Crippen LogP contribution in [-0.4, -0.2) is 21.3 Å². The average molecular weight is 310 g/mol. The van der Waals surface area contributed by atoms with Gasteiger partial charge in [-0.2, -0.15) is 0 Å². The Balaban J connectivity index is 1.68. The minimum atomic E-state index is -0.583. The first kappa shape index (κ1) is 15.6. The molecule has 0 aliphatic carbocycles. The summed E-state index contributed by atoms with van der Waals surface area (Å²) >= 11 is 0. The van der Waals surface area contributed by atoms with Gasteiger partial charge in [0.2, 0.25) is 0 Å². The monoisotopic (exact) mass is 310 g/mol. The standard InChI is InChI=1S/C19H22N2O2/c1-14-7-5-8-16(13-14)23-12-6-11-21-18-10-4-3-9-17(18)20-19(21)15(2)22/h3-5,7-10,13,15,22H,6,11-12H2,1-2H3/t15-/m0/s1. The van der Waals surface area contributed by atoms with Crippen LogP contribution in [0.4, 0.5) is 0 Å². The van der Waals surface area contributed by atoms with Gasteiger partial charge < -0.3 is 14.4 Å². The van der Waals surface area contributed by atoms with Crippen LogP contribution in [-0.2, 0) is 6.54 Å². The predicted octanol–water partition coefficient (Wildman–Crippen LogP) is 3.87. The van der Waals surface area contributed by atoms with Crippen LogP contribution in [0.5, 0.6) is 5.75 Å². The number of benzene rings is 2. The molecule has 4 nitrogen and oxygen atoms in total. The third-order valence-electron chi connectivity index (χ3n) is 3.84. The van der Waals surface area contributed by atoms with Gasteiger partial charge in [0.1, 0.15) is 17.7 Å². The Bertz CT molecular complexity index is 793. The number of hydrogen-bond donors (Lipinski definition) is 1. The van der Waals surface area contributed by atoms with E-state index in [1.807, 2.05) is 42.5 Å². The first-order valence-corrected chi connectivity index (χ1v) is 7.98. The number of hydrogen-bond acceptors (Lipinski definition) is 3. The number of aromatic nitrogens is 2. The molecule has 0 amide bonds. The number of fused-ring (bicyclic) bond motifs is 1. The highest BCUT2D eigenvalue weighted by Gasteiger charge is 2.14. The van der Waals surface area contributed by atoms with Crippen molar-refractivity contribution in [3.63, 3.8) is 0 Å². The van der Waals surface area contributed by atoms with E-state index in [0.29, 0.717) is 12.4 Å². The van der Waals surface area contributed by atoms with Gasteiger partial charge in [-0.15, -0.1) is 0 Å². The molecule has 0 fully saturated rings. The molecule has 0 radical (unpaired) electrons. The Kier molecular flexibility index (Phi) is 4.63. The molecule has 23 heavy (non-hydrogen) atoms. The number of aliphatic hydroxyl groups excluding tert-OH is 1. The number of rotatable bonds is 6. The predicted molar refractivity (Wildman–Crippen MR) is 91.7 cm³/mol. The van der Waals surface area contributed by atoms with Gasteiger partial charge in [-0.1, -0.05) is 24.3 Å². The number of aliphatic hydroxyl groups is 1. The number of imidazole rings is 1. The molecule has 0 saturated carbocycles. The third-order valence-corrected chi connectivity index (χ3v) is 3.84. The molecule has 2 aromatic carbocycles. The number of para-hydroxylation sites is 2. The molecule has 0 saturated heterocycles. The molecule has 0 aliphatic heterocycles. The Hall–Kier alpha value is -2.33. The molecule has 1 aromatic heterocycles. The van der Waals surface area contributed by atoms with Crippen molar-refractivity contribution in [3.05, 3.63) is 59.9 Å². The fraction of sp³-hybridized carbons (Fsp3) is 0.316. The van der Waals surface area contributed by atoms with E-state index in [4.69, 9.17) is 4.74 Å². The van der Waals surface area contributed by atoms with Crippen LogP contribution in [0.3, 0.4) is 0 Å². The van der Waals surface area contributed by atoms with Crippen LogP contribution in [0.2, 0.25) is 0 Å². The molecular formula is C19H22N2O2. The van der Waals surface area contributed by atoms with Crippen molar-refractivity contribution in [2.24, 2.45) is 0 Å². The summed E-state index contributed by atoms with van der Waals surface area (Å²) in [6.07, 6.45) is 0.272. The highest BCUT2D eigenvalue weighted by atomic mass is 16.5. The van der Waals surface area contributed by atoms with Gasteiger partial charge in [0.15, 0.2) is 0 Å². The molecule has 0 aliphatic rings. The number of ether oxygens (including phenoxy) is 1. The lowest BCUT2D eigenvalue weighted by molar-refractivity contribution is 0.183. The van der Waals surface area contributed by atoms with Crippen LogP contribution in [0, 0.1) is 6.92 Å². The second-order valence-corrected chi connectivity index (χ2v) is 5.80. The van der Waals surface area contributed by atoms with Crippen LogP contribution < -0.4 is 4.74 Å². The molecule has 0 unspecified atom stereocenters. The van der Waals surface area contributed by atoms with Crippen LogP contribution >= 0.6 is 0 Å². The van der Waals surface area contributed by atoms with Crippen LogP contribution in [0.1, 0.15) is 30.8 Å². The molecule has 0 spiro atoms. The summed E-state index contributed by atoms with van der Waals surface area (Å²) in [7, 11) is 0. The highest BCUT2D eigenvalue weighted by molar-refractivity contribution is 5.75. The molecule has 4 heteroatoms. The van der Waals surface area contributed by atoms with Crippen molar-refractivity contribution in [2.75, 3.05) is 6.61 Å². The van der Waals surface area contributed by atoms with Gasteiger partial charge >= 0.3 is 0 Å². The maximum Gasteiger partial charge on any atom is 0.138 e. The largest absolute Gasteiger partial charge is 0.494 e. The van der Waals surface area contributed by atoms with E-state index in [9.17, 15) is 5.11 Å². The van der Waals surface area contributed by atoms with Gasteiger partial charge in [0, 0.05) is 6.54 Å². The van der Waals surface area contributed by atoms with Crippen molar-refractivity contribution < 1.29 is 9.84 Å². The van der Waals surface area contributed by atoms with Crippen molar-refractivity contribution >= 4 is 11.0 Å². The quantitative estimate of drug-likeness (QED) is 0.703. The first-order valence-electron chi connectivity index (χ1n) is 7.98. The lowest BCUT2D eigenvalue weighted by atomic mass is 10.2. The van der Waals surface area contributed by atoms with Gasteiger partial charge in [-0.05, 0) is 50.1 Å². The van der Waals surface area contributed by atoms with Gasteiger partial charge in [0.05, 0.1) is 17.6 Å². The van der Waals surface area contributed by atoms with E-state index in [-0.39, 0.29) is 0 Å². The van der Waals surface area contributed by atoms with Crippen molar-refractivity contribution in [3.8, 4) is 5.75 Å². The van der Waals surface area contributed by atoms with E-state index >= 15 is 0 Å². The van der Waals surface area contributed by atoms with Crippen LogP contribution in [0.15, 0.2) is 48.5 Å². The SMILES string of the molecule is Cc1cccc(OCCCn2c([C@H](C)O)nc3ccccc32)c1. The summed E-state index contributed by atoms with van der Waals surface area (Å²) in [6, 6.07) is 16.0. The van der Waals surface area contributed by atoms with Crippen LogP contribution in [0.25, 0.3) is 11.0 Å². The topological polar surface area (TPSA) is 47.3 Å². The molecule has 1 heterocycles. The fourth-order valence-electron chi connectivity index (χ4n) is 2.77. The minimum absolute atomic E-state index is 0.583. The smallest absolute Gasteiger partial charge is 0.138 e. The van der Waals surface area contributed by atoms with Crippen molar-refractivity contribution in [1.29, 1.82) is 0 Å². The first-order chi connectivity index (χ1) is 11.1. The van der Waals surface area contributed by atoms with Crippen molar-refractivity contribution in [2.45, 2.75) is 32.9 Å². The maximum atomic E-state index is 9.96. The zero-order valence-electron chi connectivity index (χ0n) is 13.6. The molecule has 120 valence electrons. The fourth-order valence-corrected chi connectivity index (χ4v) is 2.77. The lowest BCUT2D eigenvalue weighted by Crippen LogP contribution is -2.09. The Morgan fingerprint density at radius 1 is 1.17 bits per heavy atom. The average Bonchev–Trinajstić information content (AvgIpc) is 2.91. The van der Waals surface area contributed by atoms with E-state index in [1.54, 1.807) is 6.92 Å². The molecular weight excluding hydrogens is 288 g/mol. The second-order valence-electron chi connectivity index (χ2n) is 5.80. The summed E-state index contributed by atoms with van der Waals surface area (Å²) in [5, 5.41) is 9.96. The normalized spacial score (nSPS) is 12.5. The summed E-state index contributed by atoms with van der Waals surface area (Å²) in [4.78, 5) is 4.53.